The molecule has 2 N–H and O–H groups in total. The molecule has 1 heterocycles. The SMILES string of the molecule is CCN1CCOC[C@H]1C(N)=O. The number of nitrogens with two attached hydrogens (primary N) is 1. The van der Waals surface area contributed by atoms with E-state index in [1.165, 1.54) is 0 Å². The van der Waals surface area contributed by atoms with Crippen LogP contribution in [0.2, 0.25) is 0 Å². The number of primary amides is 1. The second kappa shape index (κ2) is 3.69. The van der Waals surface area contributed by atoms with Crippen molar-refractivity contribution in [3.05, 3.63) is 0 Å². The predicted octanol–water partition coefficient (Wildman–Crippen LogP) is -0.808. The van der Waals surface area contributed by atoms with Crippen molar-refractivity contribution in [1.29, 1.82) is 0 Å². The normalized spacial score (nSPS) is 26.8. The van der Waals surface area contributed by atoms with E-state index < -0.39 is 0 Å². The summed E-state index contributed by atoms with van der Waals surface area (Å²) in [6.45, 7) is 4.84. The van der Waals surface area contributed by atoms with Gasteiger partial charge in [0.05, 0.1) is 13.2 Å². The molecule has 64 valence electrons. The molecule has 0 bridgehead atoms. The zero-order valence-corrected chi connectivity index (χ0v) is 6.75. The number of ether oxygens (including phenoxy) is 1. The molecule has 1 fully saturated rings. The number of hydrogen-bond donors (Lipinski definition) is 1. The van der Waals surface area contributed by atoms with Crippen molar-refractivity contribution in [2.45, 2.75) is 13.0 Å². The molecular formula is C7H14N2O2. The summed E-state index contributed by atoms with van der Waals surface area (Å²) >= 11 is 0. The summed E-state index contributed by atoms with van der Waals surface area (Å²) in [6, 6.07) is -0.214. The van der Waals surface area contributed by atoms with Crippen LogP contribution in [0.25, 0.3) is 0 Å². The first kappa shape index (κ1) is 8.49. The van der Waals surface area contributed by atoms with Gasteiger partial charge in [0, 0.05) is 6.54 Å². The Hall–Kier alpha value is -0.610. The third kappa shape index (κ3) is 1.91. The Bertz CT molecular complexity index is 149. The van der Waals surface area contributed by atoms with Crippen molar-refractivity contribution in [2.24, 2.45) is 5.73 Å². The summed E-state index contributed by atoms with van der Waals surface area (Å²) in [5.74, 6) is -0.286. The predicted molar refractivity (Wildman–Crippen MR) is 41.0 cm³/mol. The van der Waals surface area contributed by atoms with Crippen LogP contribution in [0.15, 0.2) is 0 Å². The van der Waals surface area contributed by atoms with Crippen LogP contribution in [0.4, 0.5) is 0 Å². The van der Waals surface area contributed by atoms with Crippen molar-refractivity contribution in [3.8, 4) is 0 Å². The summed E-state index contributed by atoms with van der Waals surface area (Å²) < 4.78 is 5.13. The summed E-state index contributed by atoms with van der Waals surface area (Å²) in [5.41, 5.74) is 5.17. The van der Waals surface area contributed by atoms with E-state index in [0.717, 1.165) is 13.1 Å². The largest absolute Gasteiger partial charge is 0.378 e. The molecule has 0 unspecified atom stereocenters. The van der Waals surface area contributed by atoms with E-state index in [9.17, 15) is 4.79 Å². The zero-order chi connectivity index (χ0) is 8.27. The van der Waals surface area contributed by atoms with E-state index in [0.29, 0.717) is 13.2 Å². The molecule has 1 atom stereocenters. The summed E-state index contributed by atoms with van der Waals surface area (Å²) in [7, 11) is 0. The number of rotatable bonds is 2. The lowest BCUT2D eigenvalue weighted by Crippen LogP contribution is -2.52. The molecule has 0 saturated carbocycles. The van der Waals surface area contributed by atoms with Gasteiger partial charge in [0.1, 0.15) is 6.04 Å². The second-order valence-electron chi connectivity index (χ2n) is 2.62. The first-order valence-electron chi connectivity index (χ1n) is 3.86. The Balaban J connectivity index is 2.51. The molecular weight excluding hydrogens is 144 g/mol. The molecule has 1 aliphatic rings. The maximum atomic E-state index is 10.8. The number of likely N-dealkylation sites (N-methyl/N-ethyl adjacent to an activating group) is 1. The van der Waals surface area contributed by atoms with Crippen LogP contribution in [0.5, 0.6) is 0 Å². The fraction of sp³-hybridized carbons (Fsp3) is 0.857. The van der Waals surface area contributed by atoms with Gasteiger partial charge in [-0.3, -0.25) is 9.69 Å². The first-order valence-corrected chi connectivity index (χ1v) is 3.86. The Morgan fingerprint density at radius 2 is 2.55 bits per heavy atom. The second-order valence-corrected chi connectivity index (χ2v) is 2.62. The quantitative estimate of drug-likeness (QED) is 0.572. The summed E-state index contributed by atoms with van der Waals surface area (Å²) in [4.78, 5) is 12.9. The Morgan fingerprint density at radius 3 is 3.00 bits per heavy atom. The molecule has 1 rings (SSSR count). The van der Waals surface area contributed by atoms with Gasteiger partial charge in [-0.05, 0) is 6.54 Å². The fourth-order valence-corrected chi connectivity index (χ4v) is 1.28. The highest BCUT2D eigenvalue weighted by atomic mass is 16.5. The summed E-state index contributed by atoms with van der Waals surface area (Å²) in [6.07, 6.45) is 0. The Kier molecular flexibility index (Phi) is 2.84. The van der Waals surface area contributed by atoms with Gasteiger partial charge in [-0.2, -0.15) is 0 Å². The molecule has 1 saturated heterocycles. The molecule has 4 nitrogen and oxygen atoms in total. The third-order valence-electron chi connectivity index (χ3n) is 1.97. The molecule has 0 aromatic carbocycles. The van der Waals surface area contributed by atoms with Gasteiger partial charge in [0.2, 0.25) is 5.91 Å². The third-order valence-corrected chi connectivity index (χ3v) is 1.97. The van der Waals surface area contributed by atoms with Gasteiger partial charge in [-0.15, -0.1) is 0 Å². The van der Waals surface area contributed by atoms with Crippen LogP contribution >= 0.6 is 0 Å². The first-order chi connectivity index (χ1) is 5.25. The standard InChI is InChI=1S/C7H14N2O2/c1-2-9-3-4-11-5-6(9)7(8)10/h6H,2-5H2,1H3,(H2,8,10)/t6-/m0/s1. The number of hydrogen-bond acceptors (Lipinski definition) is 3. The van der Waals surface area contributed by atoms with E-state index >= 15 is 0 Å². The molecule has 11 heavy (non-hydrogen) atoms. The minimum atomic E-state index is -0.286. The number of carbonyl (C=O) groups excluding carboxylic acids is 1. The number of nitrogens with zero attached hydrogens (tertiary/aromatic N) is 1. The minimum absolute atomic E-state index is 0.214. The Labute approximate surface area is 66.3 Å². The van der Waals surface area contributed by atoms with Gasteiger partial charge in [-0.25, -0.2) is 0 Å². The van der Waals surface area contributed by atoms with Crippen molar-refractivity contribution < 1.29 is 9.53 Å². The van der Waals surface area contributed by atoms with Gasteiger partial charge >= 0.3 is 0 Å². The molecule has 0 aliphatic carbocycles. The summed E-state index contributed by atoms with van der Waals surface area (Å²) in [5, 5.41) is 0. The molecule has 1 amide bonds. The Morgan fingerprint density at radius 1 is 1.82 bits per heavy atom. The van der Waals surface area contributed by atoms with Crippen LogP contribution in [0, 0.1) is 0 Å². The number of morpholine rings is 1. The topological polar surface area (TPSA) is 55.6 Å². The molecule has 1 aliphatic heterocycles. The van der Waals surface area contributed by atoms with Crippen molar-refractivity contribution in [2.75, 3.05) is 26.3 Å². The maximum Gasteiger partial charge on any atom is 0.237 e. The van der Waals surface area contributed by atoms with Gasteiger partial charge in [0.15, 0.2) is 0 Å². The highest BCUT2D eigenvalue weighted by Crippen LogP contribution is 2.04. The molecule has 0 aromatic rings. The smallest absolute Gasteiger partial charge is 0.237 e. The van der Waals surface area contributed by atoms with Crippen LogP contribution < -0.4 is 5.73 Å². The molecule has 0 aromatic heterocycles. The number of carbonyl (C=O) groups is 1. The maximum absolute atomic E-state index is 10.8. The monoisotopic (exact) mass is 158 g/mol. The van der Waals surface area contributed by atoms with Crippen LogP contribution in [-0.2, 0) is 9.53 Å². The highest BCUT2D eigenvalue weighted by molar-refractivity contribution is 5.80. The highest BCUT2D eigenvalue weighted by Gasteiger charge is 2.25. The average Bonchev–Trinajstić information content (AvgIpc) is 2.04. The minimum Gasteiger partial charge on any atom is -0.378 e. The van der Waals surface area contributed by atoms with Crippen LogP contribution in [0.3, 0.4) is 0 Å². The molecule has 0 spiro atoms. The zero-order valence-electron chi connectivity index (χ0n) is 6.75. The van der Waals surface area contributed by atoms with Gasteiger partial charge in [0.25, 0.3) is 0 Å². The lowest BCUT2D eigenvalue weighted by Gasteiger charge is -2.32. The van der Waals surface area contributed by atoms with Crippen molar-refractivity contribution in [3.63, 3.8) is 0 Å². The van der Waals surface area contributed by atoms with Crippen molar-refractivity contribution >= 4 is 5.91 Å². The van der Waals surface area contributed by atoms with E-state index in [1.54, 1.807) is 0 Å². The molecule has 4 heteroatoms. The van der Waals surface area contributed by atoms with Crippen LogP contribution in [0.1, 0.15) is 6.92 Å². The van der Waals surface area contributed by atoms with Crippen molar-refractivity contribution in [1.82, 2.24) is 4.90 Å². The van der Waals surface area contributed by atoms with E-state index in [2.05, 4.69) is 0 Å². The van der Waals surface area contributed by atoms with Gasteiger partial charge < -0.3 is 10.5 Å². The fourth-order valence-electron chi connectivity index (χ4n) is 1.28. The average molecular weight is 158 g/mol. The lowest BCUT2D eigenvalue weighted by molar-refractivity contribution is -0.129. The van der Waals surface area contributed by atoms with E-state index in [1.807, 2.05) is 11.8 Å². The van der Waals surface area contributed by atoms with Crippen LogP contribution in [-0.4, -0.2) is 43.2 Å². The number of amides is 1. The van der Waals surface area contributed by atoms with E-state index in [-0.39, 0.29) is 11.9 Å². The van der Waals surface area contributed by atoms with E-state index in [4.69, 9.17) is 10.5 Å². The lowest BCUT2D eigenvalue weighted by atomic mass is 10.2. The molecule has 0 radical (unpaired) electrons. The van der Waals surface area contributed by atoms with Gasteiger partial charge in [-0.1, -0.05) is 6.92 Å².